The van der Waals surface area contributed by atoms with E-state index in [1.165, 1.54) is 7.11 Å². The van der Waals surface area contributed by atoms with E-state index in [4.69, 9.17) is 11.6 Å². The summed E-state index contributed by atoms with van der Waals surface area (Å²) in [5.41, 5.74) is 0.449. The summed E-state index contributed by atoms with van der Waals surface area (Å²) in [5.74, 6) is -0.588. The van der Waals surface area contributed by atoms with Crippen molar-refractivity contribution in [3.05, 3.63) is 34.3 Å². The molecule has 0 saturated heterocycles. The number of hydrogen-bond acceptors (Lipinski definition) is 3. The molecule has 1 N–H and O–H groups in total. The van der Waals surface area contributed by atoms with Crippen LogP contribution in [0.25, 0.3) is 0 Å². The number of rotatable bonds is 1. The lowest BCUT2D eigenvalue weighted by molar-refractivity contribution is -0.161. The molecule has 1 aliphatic carbocycles. The molecule has 0 amide bonds. The summed E-state index contributed by atoms with van der Waals surface area (Å²) < 4.78 is 4.58. The predicted molar refractivity (Wildman–Crippen MR) is 55.8 cm³/mol. The molecule has 0 saturated carbocycles. The molecule has 15 heavy (non-hydrogen) atoms. The molecule has 80 valence electrons. The van der Waals surface area contributed by atoms with E-state index in [2.05, 4.69) is 4.74 Å². The lowest BCUT2D eigenvalue weighted by atomic mass is 10.0. The molecule has 0 bridgehead atoms. The van der Waals surface area contributed by atoms with Gasteiger partial charge in [-0.25, -0.2) is 4.79 Å². The summed E-state index contributed by atoms with van der Waals surface area (Å²) in [6.07, 6.45) is 0.571. The normalized spacial score (nSPS) is 23.7. The standard InChI is InChI=1S/C11H11ClO3/c1-15-10(13)11(14)5-7-2-3-9(12)4-8(7)6-11/h2-4,14H,5-6H2,1H3. The minimum absolute atomic E-state index is 0.273. The van der Waals surface area contributed by atoms with Crippen LogP contribution in [0.4, 0.5) is 0 Å². The van der Waals surface area contributed by atoms with Crippen molar-refractivity contribution in [1.29, 1.82) is 0 Å². The Morgan fingerprint density at radius 1 is 1.47 bits per heavy atom. The van der Waals surface area contributed by atoms with Gasteiger partial charge in [0.05, 0.1) is 7.11 Å². The Kier molecular flexibility index (Phi) is 2.44. The molecule has 0 heterocycles. The van der Waals surface area contributed by atoms with Crippen LogP contribution in [-0.4, -0.2) is 23.8 Å². The first kappa shape index (κ1) is 10.5. The molecule has 1 aromatic carbocycles. The molecule has 0 aliphatic heterocycles. The van der Waals surface area contributed by atoms with E-state index in [9.17, 15) is 9.90 Å². The minimum Gasteiger partial charge on any atom is -0.467 e. The summed E-state index contributed by atoms with van der Waals surface area (Å²) in [5, 5.41) is 10.7. The number of carbonyl (C=O) groups excluding carboxylic acids is 1. The van der Waals surface area contributed by atoms with Gasteiger partial charge in [0.25, 0.3) is 0 Å². The fourth-order valence-corrected chi connectivity index (χ4v) is 2.15. The van der Waals surface area contributed by atoms with Gasteiger partial charge in [-0.1, -0.05) is 17.7 Å². The first-order chi connectivity index (χ1) is 7.05. The number of carbonyl (C=O) groups is 1. The summed E-state index contributed by atoms with van der Waals surface area (Å²) in [4.78, 5) is 11.4. The van der Waals surface area contributed by atoms with E-state index < -0.39 is 11.6 Å². The highest BCUT2D eigenvalue weighted by molar-refractivity contribution is 6.30. The number of halogens is 1. The van der Waals surface area contributed by atoms with Gasteiger partial charge >= 0.3 is 5.97 Å². The molecule has 1 unspecified atom stereocenters. The van der Waals surface area contributed by atoms with Gasteiger partial charge in [-0.15, -0.1) is 0 Å². The third-order valence-electron chi connectivity index (χ3n) is 2.70. The van der Waals surface area contributed by atoms with Crippen molar-refractivity contribution >= 4 is 17.6 Å². The fourth-order valence-electron chi connectivity index (χ4n) is 1.96. The second-order valence-corrected chi connectivity index (χ2v) is 4.23. The lowest BCUT2D eigenvalue weighted by Crippen LogP contribution is -2.40. The smallest absolute Gasteiger partial charge is 0.338 e. The van der Waals surface area contributed by atoms with Gasteiger partial charge in [0.1, 0.15) is 0 Å². The quantitative estimate of drug-likeness (QED) is 0.736. The van der Waals surface area contributed by atoms with Crippen molar-refractivity contribution in [3.8, 4) is 0 Å². The van der Waals surface area contributed by atoms with E-state index in [-0.39, 0.29) is 6.42 Å². The Morgan fingerprint density at radius 3 is 2.80 bits per heavy atom. The molecule has 3 nitrogen and oxygen atoms in total. The zero-order chi connectivity index (χ0) is 11.1. The van der Waals surface area contributed by atoms with Crippen molar-refractivity contribution in [1.82, 2.24) is 0 Å². The second-order valence-electron chi connectivity index (χ2n) is 3.79. The Labute approximate surface area is 92.6 Å². The molecule has 0 spiro atoms. The zero-order valence-electron chi connectivity index (χ0n) is 8.29. The molecule has 1 aromatic rings. The van der Waals surface area contributed by atoms with Crippen molar-refractivity contribution in [2.75, 3.05) is 7.11 Å². The molecule has 2 rings (SSSR count). The van der Waals surface area contributed by atoms with Gasteiger partial charge in [-0.2, -0.15) is 0 Å². The van der Waals surface area contributed by atoms with E-state index in [0.29, 0.717) is 11.4 Å². The topological polar surface area (TPSA) is 46.5 Å². The summed E-state index contributed by atoms with van der Waals surface area (Å²) in [6, 6.07) is 5.36. The van der Waals surface area contributed by atoms with Crippen LogP contribution in [0, 0.1) is 0 Å². The van der Waals surface area contributed by atoms with Gasteiger partial charge in [0, 0.05) is 17.9 Å². The molecule has 1 aliphatic rings. The van der Waals surface area contributed by atoms with Crippen molar-refractivity contribution in [2.45, 2.75) is 18.4 Å². The molecule has 0 fully saturated rings. The first-order valence-corrected chi connectivity index (χ1v) is 5.01. The minimum atomic E-state index is -1.41. The number of methoxy groups -OCH3 is 1. The van der Waals surface area contributed by atoms with Crippen molar-refractivity contribution in [3.63, 3.8) is 0 Å². The van der Waals surface area contributed by atoms with Gasteiger partial charge in [0.2, 0.25) is 0 Å². The maximum absolute atomic E-state index is 11.4. The van der Waals surface area contributed by atoms with E-state index >= 15 is 0 Å². The van der Waals surface area contributed by atoms with Gasteiger partial charge in [-0.3, -0.25) is 0 Å². The number of benzene rings is 1. The number of fused-ring (bicyclic) bond motifs is 1. The highest BCUT2D eigenvalue weighted by Gasteiger charge is 2.43. The predicted octanol–water partition coefficient (Wildman–Crippen LogP) is 1.34. The zero-order valence-corrected chi connectivity index (χ0v) is 9.04. The lowest BCUT2D eigenvalue weighted by Gasteiger charge is -2.18. The van der Waals surface area contributed by atoms with Gasteiger partial charge in [-0.05, 0) is 23.3 Å². The molecule has 0 aromatic heterocycles. The number of ether oxygens (including phenoxy) is 1. The largest absolute Gasteiger partial charge is 0.467 e. The Morgan fingerprint density at radius 2 is 2.13 bits per heavy atom. The SMILES string of the molecule is COC(=O)C1(O)Cc2ccc(Cl)cc2C1. The molecular formula is C11H11ClO3. The number of aliphatic hydroxyl groups is 1. The third-order valence-corrected chi connectivity index (χ3v) is 2.93. The van der Waals surface area contributed by atoms with Crippen molar-refractivity contribution in [2.24, 2.45) is 0 Å². The van der Waals surface area contributed by atoms with Crippen LogP contribution in [0.2, 0.25) is 5.02 Å². The second kappa shape index (κ2) is 3.51. The third kappa shape index (κ3) is 1.73. The molecular weight excluding hydrogens is 216 g/mol. The average molecular weight is 227 g/mol. The maximum Gasteiger partial charge on any atom is 0.338 e. The first-order valence-electron chi connectivity index (χ1n) is 4.63. The average Bonchev–Trinajstić information content (AvgIpc) is 2.53. The fraction of sp³-hybridized carbons (Fsp3) is 0.364. The van der Waals surface area contributed by atoms with E-state index in [1.54, 1.807) is 12.1 Å². The van der Waals surface area contributed by atoms with Crippen LogP contribution in [0.3, 0.4) is 0 Å². The van der Waals surface area contributed by atoms with Crippen molar-refractivity contribution < 1.29 is 14.6 Å². The monoisotopic (exact) mass is 226 g/mol. The molecule has 1 atom stereocenters. The van der Waals surface area contributed by atoms with Gasteiger partial charge in [0.15, 0.2) is 5.60 Å². The number of esters is 1. The van der Waals surface area contributed by atoms with E-state index in [1.807, 2.05) is 6.07 Å². The summed E-state index contributed by atoms with van der Waals surface area (Å²) in [6.45, 7) is 0. The Balaban J connectivity index is 2.32. The summed E-state index contributed by atoms with van der Waals surface area (Å²) in [7, 11) is 1.27. The van der Waals surface area contributed by atoms with Crippen LogP contribution in [0.15, 0.2) is 18.2 Å². The van der Waals surface area contributed by atoms with Crippen LogP contribution in [-0.2, 0) is 22.4 Å². The van der Waals surface area contributed by atoms with E-state index in [0.717, 1.165) is 11.1 Å². The Bertz CT molecular complexity index is 416. The molecule has 0 radical (unpaired) electrons. The van der Waals surface area contributed by atoms with Crippen LogP contribution >= 0.6 is 11.6 Å². The highest BCUT2D eigenvalue weighted by atomic mass is 35.5. The van der Waals surface area contributed by atoms with Crippen LogP contribution < -0.4 is 0 Å². The molecule has 4 heteroatoms. The summed E-state index contributed by atoms with van der Waals surface area (Å²) >= 11 is 5.83. The van der Waals surface area contributed by atoms with Crippen LogP contribution in [0.1, 0.15) is 11.1 Å². The van der Waals surface area contributed by atoms with Gasteiger partial charge < -0.3 is 9.84 Å². The maximum atomic E-state index is 11.4. The highest BCUT2D eigenvalue weighted by Crippen LogP contribution is 2.32. The Hall–Kier alpha value is -1.06. The van der Waals surface area contributed by atoms with Crippen LogP contribution in [0.5, 0.6) is 0 Å². The number of hydrogen-bond donors (Lipinski definition) is 1.